The van der Waals surface area contributed by atoms with E-state index in [1.165, 1.54) is 19.3 Å². The fourth-order valence-corrected chi connectivity index (χ4v) is 2.53. The van der Waals surface area contributed by atoms with E-state index in [1.807, 2.05) is 0 Å². The molecule has 18 heavy (non-hydrogen) atoms. The molecule has 1 aromatic rings. The molecule has 1 aliphatic carbocycles. The van der Waals surface area contributed by atoms with Gasteiger partial charge >= 0.3 is 0 Å². The first-order chi connectivity index (χ1) is 8.72. The summed E-state index contributed by atoms with van der Waals surface area (Å²) in [7, 11) is 0. The van der Waals surface area contributed by atoms with Gasteiger partial charge in [0.2, 0.25) is 0 Å². The van der Waals surface area contributed by atoms with Crippen LogP contribution in [0.4, 0.5) is 5.69 Å². The fourth-order valence-electron chi connectivity index (χ4n) is 2.53. The van der Waals surface area contributed by atoms with Crippen LogP contribution in [0, 0.1) is 0 Å². The van der Waals surface area contributed by atoms with Gasteiger partial charge in [-0.3, -0.25) is 9.48 Å². The summed E-state index contributed by atoms with van der Waals surface area (Å²) in [6.07, 6.45) is 8.34. The van der Waals surface area contributed by atoms with Crippen LogP contribution in [0.5, 0.6) is 0 Å². The number of nitrogens with zero attached hydrogens (tertiary/aromatic N) is 2. The number of nitrogens with two attached hydrogens (primary N) is 1. The van der Waals surface area contributed by atoms with Crippen LogP contribution in [0.25, 0.3) is 0 Å². The molecule has 1 aromatic heterocycles. The maximum Gasteiger partial charge on any atom is 0.271 e. The second-order valence-corrected chi connectivity index (χ2v) is 4.98. The summed E-state index contributed by atoms with van der Waals surface area (Å²) in [6, 6.07) is 0.302. The monoisotopic (exact) mass is 250 g/mol. The summed E-state index contributed by atoms with van der Waals surface area (Å²) in [5.41, 5.74) is 6.82. The van der Waals surface area contributed by atoms with Crippen LogP contribution in [-0.4, -0.2) is 21.7 Å². The number of amides is 1. The molecular weight excluding hydrogens is 228 g/mol. The Labute approximate surface area is 108 Å². The van der Waals surface area contributed by atoms with Crippen molar-refractivity contribution in [3.8, 4) is 0 Å². The number of hydrogen-bond donors (Lipinski definition) is 2. The van der Waals surface area contributed by atoms with E-state index >= 15 is 0 Å². The third-order valence-electron chi connectivity index (χ3n) is 3.46. The number of nitrogen functional groups attached to an aromatic ring is 1. The van der Waals surface area contributed by atoms with Crippen molar-refractivity contribution >= 4 is 11.6 Å². The van der Waals surface area contributed by atoms with E-state index in [-0.39, 0.29) is 5.91 Å². The lowest BCUT2D eigenvalue weighted by molar-refractivity contribution is 0.0917. The molecule has 0 saturated heterocycles. The van der Waals surface area contributed by atoms with Gasteiger partial charge in [-0.2, -0.15) is 5.10 Å². The van der Waals surface area contributed by atoms with Crippen molar-refractivity contribution in [1.29, 1.82) is 0 Å². The minimum atomic E-state index is -0.0784. The highest BCUT2D eigenvalue weighted by atomic mass is 16.2. The van der Waals surface area contributed by atoms with Crippen molar-refractivity contribution in [2.24, 2.45) is 0 Å². The van der Waals surface area contributed by atoms with Gasteiger partial charge in [-0.15, -0.1) is 0 Å². The van der Waals surface area contributed by atoms with Gasteiger partial charge in [0.15, 0.2) is 0 Å². The summed E-state index contributed by atoms with van der Waals surface area (Å²) in [6.45, 7) is 2.78. The molecule has 0 unspecified atom stereocenters. The molecular formula is C13H22N4O. The largest absolute Gasteiger partial charge is 0.396 e. The van der Waals surface area contributed by atoms with E-state index < -0.39 is 0 Å². The summed E-state index contributed by atoms with van der Waals surface area (Å²) >= 11 is 0. The van der Waals surface area contributed by atoms with E-state index in [9.17, 15) is 4.79 Å². The zero-order valence-corrected chi connectivity index (χ0v) is 11.0. The Morgan fingerprint density at radius 2 is 2.22 bits per heavy atom. The Kier molecular flexibility index (Phi) is 4.23. The second-order valence-electron chi connectivity index (χ2n) is 4.98. The molecule has 1 aliphatic rings. The van der Waals surface area contributed by atoms with Gasteiger partial charge in [0.05, 0.1) is 11.9 Å². The Bertz CT molecular complexity index is 407. The molecule has 1 saturated carbocycles. The first-order valence-electron chi connectivity index (χ1n) is 6.84. The van der Waals surface area contributed by atoms with Crippen LogP contribution in [-0.2, 0) is 6.54 Å². The number of rotatable bonds is 4. The molecule has 0 radical (unpaired) electrons. The molecule has 0 atom stereocenters. The molecule has 0 bridgehead atoms. The number of nitrogens with one attached hydrogen (secondary N) is 1. The van der Waals surface area contributed by atoms with Crippen molar-refractivity contribution < 1.29 is 4.79 Å². The quantitative estimate of drug-likeness (QED) is 0.857. The average Bonchev–Trinajstić information content (AvgIpc) is 2.72. The number of hydrogen-bond acceptors (Lipinski definition) is 3. The highest BCUT2D eigenvalue weighted by Gasteiger charge is 2.21. The van der Waals surface area contributed by atoms with E-state index in [1.54, 1.807) is 10.9 Å². The molecule has 100 valence electrons. The molecule has 0 aromatic carbocycles. The molecule has 5 nitrogen and oxygen atoms in total. The van der Waals surface area contributed by atoms with Gasteiger partial charge in [0.25, 0.3) is 5.91 Å². The van der Waals surface area contributed by atoms with Crippen LogP contribution >= 0.6 is 0 Å². The number of aromatic nitrogens is 2. The Morgan fingerprint density at radius 1 is 1.50 bits per heavy atom. The Balaban J connectivity index is 2.05. The van der Waals surface area contributed by atoms with Gasteiger partial charge in [-0.05, 0) is 19.3 Å². The van der Waals surface area contributed by atoms with Crippen LogP contribution in [0.1, 0.15) is 55.9 Å². The summed E-state index contributed by atoms with van der Waals surface area (Å²) < 4.78 is 1.70. The first-order valence-corrected chi connectivity index (χ1v) is 6.84. The van der Waals surface area contributed by atoms with Crippen molar-refractivity contribution in [1.82, 2.24) is 15.1 Å². The predicted octanol–water partition coefficient (Wildman–Crippen LogP) is 1.94. The van der Waals surface area contributed by atoms with Crippen molar-refractivity contribution in [2.45, 2.75) is 58.0 Å². The molecule has 2 rings (SSSR count). The number of aryl methyl sites for hydroxylation is 1. The van der Waals surface area contributed by atoms with Gasteiger partial charge in [-0.1, -0.05) is 26.2 Å². The second kappa shape index (κ2) is 5.89. The minimum absolute atomic E-state index is 0.0784. The lowest BCUT2D eigenvalue weighted by Crippen LogP contribution is -2.37. The molecule has 0 spiro atoms. The number of carbonyl (C=O) groups excluding carboxylic acids is 1. The molecule has 5 heteroatoms. The minimum Gasteiger partial charge on any atom is -0.396 e. The highest BCUT2D eigenvalue weighted by molar-refractivity contribution is 5.97. The molecule has 1 heterocycles. The van der Waals surface area contributed by atoms with Gasteiger partial charge in [-0.25, -0.2) is 0 Å². The Hall–Kier alpha value is -1.52. The van der Waals surface area contributed by atoms with Crippen LogP contribution < -0.4 is 11.1 Å². The predicted molar refractivity (Wildman–Crippen MR) is 71.3 cm³/mol. The van der Waals surface area contributed by atoms with E-state index in [0.29, 0.717) is 17.4 Å². The lowest BCUT2D eigenvalue weighted by atomic mass is 9.95. The number of carbonyl (C=O) groups is 1. The van der Waals surface area contributed by atoms with Gasteiger partial charge in [0.1, 0.15) is 5.69 Å². The Morgan fingerprint density at radius 3 is 2.89 bits per heavy atom. The van der Waals surface area contributed by atoms with E-state index in [2.05, 4.69) is 17.3 Å². The summed E-state index contributed by atoms with van der Waals surface area (Å²) in [4.78, 5) is 12.2. The normalized spacial score (nSPS) is 16.7. The maximum absolute atomic E-state index is 12.2. The maximum atomic E-state index is 12.2. The average molecular weight is 250 g/mol. The highest BCUT2D eigenvalue weighted by Crippen LogP contribution is 2.19. The standard InChI is InChI=1S/C13H22N4O/c1-2-8-17-12(11(14)9-15-17)13(18)16-10-6-4-3-5-7-10/h9-10H,2-8,14H2,1H3,(H,16,18). The molecule has 3 N–H and O–H groups in total. The number of anilines is 1. The molecule has 1 amide bonds. The van der Waals surface area contributed by atoms with Crippen LogP contribution in [0.3, 0.4) is 0 Å². The topological polar surface area (TPSA) is 72.9 Å². The summed E-state index contributed by atoms with van der Waals surface area (Å²) in [5.74, 6) is -0.0784. The van der Waals surface area contributed by atoms with E-state index in [4.69, 9.17) is 5.73 Å². The zero-order valence-electron chi connectivity index (χ0n) is 11.0. The van der Waals surface area contributed by atoms with Gasteiger partial charge < -0.3 is 11.1 Å². The molecule has 0 aliphatic heterocycles. The van der Waals surface area contributed by atoms with Gasteiger partial charge in [0, 0.05) is 12.6 Å². The van der Waals surface area contributed by atoms with Crippen molar-refractivity contribution in [2.75, 3.05) is 5.73 Å². The third kappa shape index (κ3) is 2.83. The van der Waals surface area contributed by atoms with Crippen molar-refractivity contribution in [3.63, 3.8) is 0 Å². The fraction of sp³-hybridized carbons (Fsp3) is 0.692. The molecule has 1 fully saturated rings. The van der Waals surface area contributed by atoms with Crippen LogP contribution in [0.2, 0.25) is 0 Å². The lowest BCUT2D eigenvalue weighted by Gasteiger charge is -2.23. The van der Waals surface area contributed by atoms with E-state index in [0.717, 1.165) is 25.8 Å². The zero-order chi connectivity index (χ0) is 13.0. The third-order valence-corrected chi connectivity index (χ3v) is 3.46. The van der Waals surface area contributed by atoms with Crippen molar-refractivity contribution in [3.05, 3.63) is 11.9 Å². The first kappa shape index (κ1) is 12.9. The SMILES string of the molecule is CCCn1ncc(N)c1C(=O)NC1CCCCC1. The van der Waals surface area contributed by atoms with Crippen LogP contribution in [0.15, 0.2) is 6.20 Å². The summed E-state index contributed by atoms with van der Waals surface area (Å²) in [5, 5.41) is 7.23. The smallest absolute Gasteiger partial charge is 0.271 e.